The van der Waals surface area contributed by atoms with Crippen LogP contribution in [0.4, 0.5) is 0 Å². The van der Waals surface area contributed by atoms with E-state index in [2.05, 4.69) is 81.9 Å². The first kappa shape index (κ1) is 28.4. The van der Waals surface area contributed by atoms with Crippen molar-refractivity contribution in [2.45, 2.75) is 130 Å². The zero-order valence-electron chi connectivity index (χ0n) is 24.6. The van der Waals surface area contributed by atoms with Crippen LogP contribution >= 0.6 is 0 Å². The lowest BCUT2D eigenvalue weighted by Gasteiger charge is -2.49. The molecule has 4 nitrogen and oxygen atoms in total. The highest BCUT2D eigenvalue weighted by Gasteiger charge is 2.38. The van der Waals surface area contributed by atoms with Crippen molar-refractivity contribution < 1.29 is 0 Å². The molecule has 200 valence electrons. The minimum atomic E-state index is 0.303. The maximum absolute atomic E-state index is 2.80. The van der Waals surface area contributed by atoms with E-state index >= 15 is 0 Å². The van der Waals surface area contributed by atoms with Gasteiger partial charge in [0.2, 0.25) is 0 Å². The summed E-state index contributed by atoms with van der Waals surface area (Å²) in [5.41, 5.74) is 1.06. The molecule has 34 heavy (non-hydrogen) atoms. The Bertz CT molecular complexity index is 606. The number of piperidine rings is 1. The molecule has 2 atom stereocenters. The molecule has 2 unspecified atom stereocenters. The van der Waals surface area contributed by atoms with E-state index in [4.69, 9.17) is 0 Å². The van der Waals surface area contributed by atoms with Gasteiger partial charge in [-0.1, -0.05) is 20.8 Å². The maximum Gasteiger partial charge on any atom is 0.0226 e. The molecule has 0 aromatic heterocycles. The second kappa shape index (κ2) is 11.5. The van der Waals surface area contributed by atoms with Crippen LogP contribution in [-0.4, -0.2) is 95.1 Å². The summed E-state index contributed by atoms with van der Waals surface area (Å²) in [4.78, 5) is 11.0. The summed E-state index contributed by atoms with van der Waals surface area (Å²) >= 11 is 0. The van der Waals surface area contributed by atoms with E-state index in [9.17, 15) is 0 Å². The number of piperazine rings is 1. The Morgan fingerprint density at radius 1 is 0.735 bits per heavy atom. The molecule has 0 aliphatic carbocycles. The third-order valence-corrected chi connectivity index (χ3v) is 10.2. The summed E-state index contributed by atoms with van der Waals surface area (Å²) in [5.74, 6) is 0.881. The molecule has 0 saturated carbocycles. The lowest BCUT2D eigenvalue weighted by atomic mass is 9.69. The summed E-state index contributed by atoms with van der Waals surface area (Å²) in [6.45, 7) is 32.1. The lowest BCUT2D eigenvalue weighted by molar-refractivity contribution is 0.00156. The van der Waals surface area contributed by atoms with Crippen molar-refractivity contribution in [3.8, 4) is 0 Å². The third kappa shape index (κ3) is 7.20. The Morgan fingerprint density at radius 3 is 1.88 bits per heavy atom. The largest absolute Gasteiger partial charge is 0.302 e. The van der Waals surface area contributed by atoms with Crippen LogP contribution in [0.2, 0.25) is 0 Å². The molecule has 0 N–H and O–H groups in total. The number of likely N-dealkylation sites (tertiary alicyclic amines) is 2. The topological polar surface area (TPSA) is 13.0 Å². The van der Waals surface area contributed by atoms with Crippen molar-refractivity contribution in [1.82, 2.24) is 19.6 Å². The Morgan fingerprint density at radius 2 is 1.32 bits per heavy atom. The van der Waals surface area contributed by atoms with E-state index < -0.39 is 0 Å². The van der Waals surface area contributed by atoms with Gasteiger partial charge in [0.1, 0.15) is 0 Å². The van der Waals surface area contributed by atoms with E-state index in [0.29, 0.717) is 16.5 Å². The van der Waals surface area contributed by atoms with E-state index in [1.54, 1.807) is 0 Å². The van der Waals surface area contributed by atoms with Gasteiger partial charge in [-0.2, -0.15) is 0 Å². The monoisotopic (exact) mass is 476 g/mol. The highest BCUT2D eigenvalue weighted by Crippen LogP contribution is 2.41. The van der Waals surface area contributed by atoms with Gasteiger partial charge >= 0.3 is 0 Å². The van der Waals surface area contributed by atoms with Crippen molar-refractivity contribution in [3.63, 3.8) is 0 Å². The molecule has 0 radical (unpaired) electrons. The zero-order valence-corrected chi connectivity index (χ0v) is 24.6. The van der Waals surface area contributed by atoms with Crippen LogP contribution in [0.5, 0.6) is 0 Å². The standard InChI is InChI=1S/C30H60N4/c1-10-25(2)34-17-11-12-27(34)24-31-18-13-26(14-19-31)29(6,7)15-16-30(8,9)33-22-20-32(21-23-33)28(3,4)5/h25-27H,10-24H2,1-9H3. The fourth-order valence-electron chi connectivity index (χ4n) is 7.04. The fraction of sp³-hybridized carbons (Fsp3) is 1.00. The van der Waals surface area contributed by atoms with Gasteiger partial charge in [0.15, 0.2) is 0 Å². The Balaban J connectivity index is 1.43. The minimum Gasteiger partial charge on any atom is -0.302 e. The molecule has 3 aliphatic heterocycles. The quantitative estimate of drug-likeness (QED) is 0.407. The second-order valence-corrected chi connectivity index (χ2v) is 14.3. The maximum atomic E-state index is 2.80. The molecule has 0 aromatic carbocycles. The molecule has 3 aliphatic rings. The minimum absolute atomic E-state index is 0.303. The van der Waals surface area contributed by atoms with E-state index in [0.717, 1.165) is 18.0 Å². The molecule has 0 bridgehead atoms. The summed E-state index contributed by atoms with van der Waals surface area (Å²) in [7, 11) is 0. The fourth-order valence-corrected chi connectivity index (χ4v) is 7.04. The van der Waals surface area contributed by atoms with Crippen LogP contribution in [0.15, 0.2) is 0 Å². The Labute approximate surface area is 213 Å². The van der Waals surface area contributed by atoms with Gasteiger partial charge in [0, 0.05) is 55.9 Å². The molecule has 0 aromatic rings. The van der Waals surface area contributed by atoms with Gasteiger partial charge < -0.3 is 4.90 Å². The summed E-state index contributed by atoms with van der Waals surface area (Å²) in [6.07, 6.45) is 9.57. The SMILES string of the molecule is CCC(C)N1CCCC1CN1CCC(C(C)(C)CCC(C)(C)N2CCN(C(C)(C)C)CC2)CC1. The van der Waals surface area contributed by atoms with Crippen molar-refractivity contribution in [1.29, 1.82) is 0 Å². The predicted octanol–water partition coefficient (Wildman–Crippen LogP) is 5.96. The van der Waals surface area contributed by atoms with Gasteiger partial charge in [-0.15, -0.1) is 0 Å². The molecule has 0 spiro atoms. The number of nitrogens with zero attached hydrogens (tertiary/aromatic N) is 4. The van der Waals surface area contributed by atoms with E-state index in [-0.39, 0.29) is 0 Å². The molecule has 3 fully saturated rings. The predicted molar refractivity (Wildman–Crippen MR) is 149 cm³/mol. The lowest BCUT2D eigenvalue weighted by Crippen LogP contribution is -2.58. The number of rotatable bonds is 9. The van der Waals surface area contributed by atoms with Crippen LogP contribution < -0.4 is 0 Å². The summed E-state index contributed by atoms with van der Waals surface area (Å²) < 4.78 is 0. The molecular formula is C30H60N4. The Kier molecular flexibility index (Phi) is 9.60. The second-order valence-electron chi connectivity index (χ2n) is 14.3. The highest BCUT2D eigenvalue weighted by molar-refractivity contribution is 4.93. The van der Waals surface area contributed by atoms with Gasteiger partial charge in [-0.25, -0.2) is 0 Å². The summed E-state index contributed by atoms with van der Waals surface area (Å²) in [5, 5.41) is 0. The Hall–Kier alpha value is -0.160. The van der Waals surface area contributed by atoms with E-state index in [1.807, 2.05) is 0 Å². The molecule has 0 amide bonds. The van der Waals surface area contributed by atoms with Gasteiger partial charge in [0.05, 0.1) is 0 Å². The van der Waals surface area contributed by atoms with Crippen LogP contribution in [-0.2, 0) is 0 Å². The van der Waals surface area contributed by atoms with Crippen LogP contribution in [0.3, 0.4) is 0 Å². The molecule has 3 heterocycles. The highest BCUT2D eigenvalue weighted by atomic mass is 15.3. The number of hydrogen-bond acceptors (Lipinski definition) is 4. The van der Waals surface area contributed by atoms with Crippen LogP contribution in [0.25, 0.3) is 0 Å². The van der Waals surface area contributed by atoms with Gasteiger partial charge in [-0.05, 0) is 117 Å². The third-order valence-electron chi connectivity index (χ3n) is 10.2. The summed E-state index contributed by atoms with van der Waals surface area (Å²) in [6, 6.07) is 1.56. The molecule has 3 saturated heterocycles. The van der Waals surface area contributed by atoms with Crippen molar-refractivity contribution >= 4 is 0 Å². The van der Waals surface area contributed by atoms with Crippen LogP contribution in [0.1, 0.15) is 107 Å². The van der Waals surface area contributed by atoms with E-state index in [1.165, 1.54) is 97.3 Å². The first-order valence-corrected chi connectivity index (χ1v) is 14.8. The zero-order chi connectivity index (χ0) is 25.1. The first-order chi connectivity index (χ1) is 15.8. The first-order valence-electron chi connectivity index (χ1n) is 14.8. The average molecular weight is 477 g/mol. The van der Waals surface area contributed by atoms with Crippen molar-refractivity contribution in [3.05, 3.63) is 0 Å². The molecule has 3 rings (SSSR count). The average Bonchev–Trinajstić information content (AvgIpc) is 3.25. The molecular weight excluding hydrogens is 416 g/mol. The number of hydrogen-bond donors (Lipinski definition) is 0. The molecule has 4 heteroatoms. The van der Waals surface area contributed by atoms with Gasteiger partial charge in [0.25, 0.3) is 0 Å². The van der Waals surface area contributed by atoms with Crippen LogP contribution in [0, 0.1) is 11.3 Å². The van der Waals surface area contributed by atoms with Crippen molar-refractivity contribution in [2.24, 2.45) is 11.3 Å². The smallest absolute Gasteiger partial charge is 0.0226 e. The van der Waals surface area contributed by atoms with Crippen molar-refractivity contribution in [2.75, 3.05) is 52.4 Å². The normalized spacial score (nSPS) is 26.9. The van der Waals surface area contributed by atoms with Gasteiger partial charge in [-0.3, -0.25) is 14.7 Å².